The number of nitrogens with zero attached hydrogens (tertiary/aromatic N) is 2. The van der Waals surface area contributed by atoms with Gasteiger partial charge in [-0.05, 0) is 50.3 Å². The average molecular weight is 228 g/mol. The maximum atomic E-state index is 5.96. The number of hydrogen-bond donors (Lipinski definition) is 0. The van der Waals surface area contributed by atoms with Crippen LogP contribution < -0.4 is 4.74 Å². The van der Waals surface area contributed by atoms with Crippen LogP contribution in [0.4, 0.5) is 0 Å². The molecule has 2 aromatic rings. The summed E-state index contributed by atoms with van der Waals surface area (Å²) in [4.78, 5) is 0. The van der Waals surface area contributed by atoms with Gasteiger partial charge in [-0.1, -0.05) is 0 Å². The predicted molar refractivity (Wildman–Crippen MR) is 66.4 cm³/mol. The zero-order chi connectivity index (χ0) is 11.4. The van der Waals surface area contributed by atoms with E-state index in [1.807, 2.05) is 0 Å². The van der Waals surface area contributed by atoms with E-state index in [2.05, 4.69) is 35.0 Å². The van der Waals surface area contributed by atoms with Crippen molar-refractivity contribution in [2.45, 2.75) is 44.8 Å². The van der Waals surface area contributed by atoms with E-state index in [0.717, 1.165) is 11.3 Å². The molecular formula is C14H16N2O. The Labute approximate surface area is 100 Å². The summed E-state index contributed by atoms with van der Waals surface area (Å²) < 4.78 is 8.07. The molecule has 4 rings (SSSR count). The molecule has 3 heteroatoms. The highest BCUT2D eigenvalue weighted by Gasteiger charge is 2.27. The molecule has 0 N–H and O–H groups in total. The third kappa shape index (κ3) is 1.70. The molecular weight excluding hydrogens is 212 g/mol. The number of rotatable bonds is 3. The molecule has 2 saturated carbocycles. The van der Waals surface area contributed by atoms with Crippen LogP contribution in [-0.2, 0) is 0 Å². The Morgan fingerprint density at radius 1 is 1.24 bits per heavy atom. The molecule has 1 aromatic heterocycles. The summed E-state index contributed by atoms with van der Waals surface area (Å²) in [6, 6.07) is 4.95. The summed E-state index contributed by atoms with van der Waals surface area (Å²) in [5.41, 5.74) is 2.29. The summed E-state index contributed by atoms with van der Waals surface area (Å²) in [5.74, 6) is 0.974. The van der Waals surface area contributed by atoms with Gasteiger partial charge in [0.15, 0.2) is 0 Å². The van der Waals surface area contributed by atoms with Crippen molar-refractivity contribution in [2.24, 2.45) is 0 Å². The van der Waals surface area contributed by atoms with E-state index in [0.29, 0.717) is 12.1 Å². The Morgan fingerprint density at radius 2 is 2.06 bits per heavy atom. The highest BCUT2D eigenvalue weighted by molar-refractivity contribution is 5.85. The van der Waals surface area contributed by atoms with Gasteiger partial charge in [-0.25, -0.2) is 0 Å². The van der Waals surface area contributed by atoms with Crippen LogP contribution in [0.3, 0.4) is 0 Å². The SMILES string of the molecule is Cc1cc(OC2CC2)c2nn(C3CC3)cc2c1. The highest BCUT2D eigenvalue weighted by Crippen LogP contribution is 2.37. The Hall–Kier alpha value is -1.51. The lowest BCUT2D eigenvalue weighted by Gasteiger charge is -2.05. The lowest BCUT2D eigenvalue weighted by Crippen LogP contribution is -1.98. The van der Waals surface area contributed by atoms with E-state index in [1.165, 1.54) is 36.6 Å². The van der Waals surface area contributed by atoms with E-state index >= 15 is 0 Å². The lowest BCUT2D eigenvalue weighted by atomic mass is 10.2. The third-order valence-corrected chi connectivity index (χ3v) is 3.47. The highest BCUT2D eigenvalue weighted by atomic mass is 16.5. The van der Waals surface area contributed by atoms with Gasteiger partial charge < -0.3 is 4.74 Å². The minimum atomic E-state index is 0.436. The van der Waals surface area contributed by atoms with E-state index in [1.54, 1.807) is 0 Å². The van der Waals surface area contributed by atoms with Gasteiger partial charge >= 0.3 is 0 Å². The molecule has 0 aliphatic heterocycles. The summed E-state index contributed by atoms with van der Waals surface area (Å²) in [7, 11) is 0. The number of benzene rings is 1. The Morgan fingerprint density at radius 3 is 2.76 bits per heavy atom. The molecule has 3 nitrogen and oxygen atoms in total. The fourth-order valence-electron chi connectivity index (χ4n) is 2.25. The Balaban J connectivity index is 1.84. The molecule has 0 atom stereocenters. The number of fused-ring (bicyclic) bond motifs is 1. The van der Waals surface area contributed by atoms with Crippen molar-refractivity contribution in [1.82, 2.24) is 9.78 Å². The molecule has 1 heterocycles. The first-order chi connectivity index (χ1) is 8.29. The van der Waals surface area contributed by atoms with Gasteiger partial charge in [0.2, 0.25) is 0 Å². The first kappa shape index (κ1) is 9.51. The van der Waals surface area contributed by atoms with Crippen LogP contribution in [0.2, 0.25) is 0 Å². The third-order valence-electron chi connectivity index (χ3n) is 3.47. The summed E-state index contributed by atoms with van der Waals surface area (Å²) >= 11 is 0. The Kier molecular flexibility index (Phi) is 1.82. The van der Waals surface area contributed by atoms with E-state index < -0.39 is 0 Å². The van der Waals surface area contributed by atoms with Crippen molar-refractivity contribution in [3.8, 4) is 5.75 Å². The first-order valence-corrected chi connectivity index (χ1v) is 6.46. The van der Waals surface area contributed by atoms with E-state index in [-0.39, 0.29) is 0 Å². The molecule has 0 saturated heterocycles. The maximum Gasteiger partial charge on any atom is 0.148 e. The predicted octanol–water partition coefficient (Wildman–Crippen LogP) is 3.22. The summed E-state index contributed by atoms with van der Waals surface area (Å²) in [6.07, 6.45) is 7.53. The van der Waals surface area contributed by atoms with Crippen LogP contribution in [-0.4, -0.2) is 15.9 Å². The smallest absolute Gasteiger partial charge is 0.148 e. The molecule has 2 aliphatic carbocycles. The Bertz CT molecular complexity index is 579. The van der Waals surface area contributed by atoms with E-state index in [4.69, 9.17) is 4.74 Å². The van der Waals surface area contributed by atoms with Crippen molar-refractivity contribution in [2.75, 3.05) is 0 Å². The van der Waals surface area contributed by atoms with Crippen molar-refractivity contribution in [3.05, 3.63) is 23.9 Å². The fourth-order valence-corrected chi connectivity index (χ4v) is 2.25. The molecule has 17 heavy (non-hydrogen) atoms. The molecule has 1 aromatic carbocycles. The standard InChI is InChI=1S/C14H16N2O/c1-9-6-10-8-16(11-2-3-11)15-14(10)13(7-9)17-12-4-5-12/h6-8,11-12H,2-5H2,1H3. The largest absolute Gasteiger partial charge is 0.488 e. The number of ether oxygens (including phenoxy) is 1. The van der Waals surface area contributed by atoms with Gasteiger partial charge in [0.05, 0.1) is 12.1 Å². The van der Waals surface area contributed by atoms with Crippen LogP contribution in [0, 0.1) is 6.92 Å². The van der Waals surface area contributed by atoms with Crippen molar-refractivity contribution in [1.29, 1.82) is 0 Å². The number of hydrogen-bond acceptors (Lipinski definition) is 2. The summed E-state index contributed by atoms with van der Waals surface area (Å²) in [6.45, 7) is 2.12. The first-order valence-electron chi connectivity index (χ1n) is 6.46. The minimum absolute atomic E-state index is 0.436. The topological polar surface area (TPSA) is 27.1 Å². The number of aromatic nitrogens is 2. The number of aryl methyl sites for hydroxylation is 1. The second kappa shape index (κ2) is 3.25. The maximum absolute atomic E-state index is 5.96. The fraction of sp³-hybridized carbons (Fsp3) is 0.500. The van der Waals surface area contributed by atoms with Gasteiger partial charge in [-0.3, -0.25) is 4.68 Å². The molecule has 0 unspecified atom stereocenters. The molecule has 88 valence electrons. The van der Waals surface area contributed by atoms with E-state index in [9.17, 15) is 0 Å². The molecule has 0 bridgehead atoms. The zero-order valence-corrected chi connectivity index (χ0v) is 10.0. The normalized spacial score (nSPS) is 19.8. The summed E-state index contributed by atoms with van der Waals surface area (Å²) in [5, 5.41) is 5.90. The van der Waals surface area contributed by atoms with Gasteiger partial charge in [-0.15, -0.1) is 0 Å². The van der Waals surface area contributed by atoms with Crippen LogP contribution in [0.25, 0.3) is 10.9 Å². The van der Waals surface area contributed by atoms with Gasteiger partial charge in [0, 0.05) is 11.6 Å². The molecule has 0 amide bonds. The van der Waals surface area contributed by atoms with Crippen LogP contribution in [0.15, 0.2) is 18.3 Å². The monoisotopic (exact) mass is 228 g/mol. The zero-order valence-electron chi connectivity index (χ0n) is 10.0. The molecule has 2 fully saturated rings. The van der Waals surface area contributed by atoms with Crippen LogP contribution in [0.1, 0.15) is 37.3 Å². The van der Waals surface area contributed by atoms with Gasteiger partial charge in [-0.2, -0.15) is 5.10 Å². The van der Waals surface area contributed by atoms with Crippen LogP contribution in [0.5, 0.6) is 5.75 Å². The van der Waals surface area contributed by atoms with Gasteiger partial charge in [0.1, 0.15) is 11.3 Å². The second-order valence-corrected chi connectivity index (χ2v) is 5.36. The van der Waals surface area contributed by atoms with Crippen molar-refractivity contribution < 1.29 is 4.74 Å². The van der Waals surface area contributed by atoms with Crippen LogP contribution >= 0.6 is 0 Å². The quantitative estimate of drug-likeness (QED) is 0.806. The molecule has 0 spiro atoms. The minimum Gasteiger partial charge on any atom is -0.488 e. The van der Waals surface area contributed by atoms with Gasteiger partial charge in [0.25, 0.3) is 0 Å². The van der Waals surface area contributed by atoms with Crippen molar-refractivity contribution >= 4 is 10.9 Å². The lowest BCUT2D eigenvalue weighted by molar-refractivity contribution is 0.306. The second-order valence-electron chi connectivity index (χ2n) is 5.36. The molecule has 0 radical (unpaired) electrons. The average Bonchev–Trinajstić information content (AvgIpc) is 3.18. The molecule has 2 aliphatic rings. The van der Waals surface area contributed by atoms with Crippen molar-refractivity contribution in [3.63, 3.8) is 0 Å².